The van der Waals surface area contributed by atoms with Crippen molar-refractivity contribution in [3.05, 3.63) is 100.0 Å². The first-order valence-electron chi connectivity index (χ1n) is 11.9. The van der Waals surface area contributed by atoms with Gasteiger partial charge < -0.3 is 14.4 Å². The van der Waals surface area contributed by atoms with Crippen LogP contribution in [-0.2, 0) is 6.54 Å². The highest BCUT2D eigenvalue weighted by Crippen LogP contribution is 2.38. The van der Waals surface area contributed by atoms with Crippen LogP contribution >= 0.6 is 0 Å². The molecule has 0 saturated carbocycles. The highest BCUT2D eigenvalue weighted by Gasteiger charge is 2.33. The summed E-state index contributed by atoms with van der Waals surface area (Å²) in [7, 11) is 0. The van der Waals surface area contributed by atoms with Gasteiger partial charge in [-0.25, -0.2) is 4.68 Å². The lowest BCUT2D eigenvalue weighted by Crippen LogP contribution is -2.34. The van der Waals surface area contributed by atoms with Gasteiger partial charge in [0.15, 0.2) is 17.2 Å². The second kappa shape index (κ2) is 8.91. The quantitative estimate of drug-likeness (QED) is 0.450. The fourth-order valence-corrected chi connectivity index (χ4v) is 5.02. The Morgan fingerprint density at radius 2 is 1.66 bits per heavy atom. The molecule has 7 heteroatoms. The third kappa shape index (κ3) is 3.93. The van der Waals surface area contributed by atoms with Crippen molar-refractivity contribution in [1.82, 2.24) is 14.7 Å². The van der Waals surface area contributed by atoms with Crippen LogP contribution in [0.25, 0.3) is 10.8 Å². The fourth-order valence-electron chi connectivity index (χ4n) is 5.02. The van der Waals surface area contributed by atoms with Crippen LogP contribution in [0, 0.1) is 0 Å². The molecule has 2 aliphatic heterocycles. The van der Waals surface area contributed by atoms with E-state index in [0.717, 1.165) is 29.7 Å². The van der Waals surface area contributed by atoms with Gasteiger partial charge in [0.05, 0.1) is 18.0 Å². The van der Waals surface area contributed by atoms with Gasteiger partial charge >= 0.3 is 0 Å². The number of nitrogens with zero attached hydrogens (tertiary/aromatic N) is 3. The summed E-state index contributed by atoms with van der Waals surface area (Å²) in [5.41, 5.74) is 2.07. The van der Waals surface area contributed by atoms with Crippen molar-refractivity contribution in [2.24, 2.45) is 0 Å². The van der Waals surface area contributed by atoms with Gasteiger partial charge in [-0.15, -0.1) is 0 Å². The lowest BCUT2D eigenvalue weighted by Gasteiger charge is -2.27. The Kier molecular flexibility index (Phi) is 5.45. The van der Waals surface area contributed by atoms with Gasteiger partial charge in [0.2, 0.25) is 0 Å². The molecule has 0 N–H and O–H groups in total. The highest BCUT2D eigenvalue weighted by atomic mass is 16.6. The number of ether oxygens (including phenoxy) is 2. The third-order valence-electron chi connectivity index (χ3n) is 6.71. The van der Waals surface area contributed by atoms with Crippen molar-refractivity contribution >= 4 is 16.7 Å². The van der Waals surface area contributed by atoms with Crippen LogP contribution in [0.3, 0.4) is 0 Å². The Bertz CT molecular complexity index is 1460. The second-order valence-corrected chi connectivity index (χ2v) is 8.90. The molecule has 0 radical (unpaired) electrons. The van der Waals surface area contributed by atoms with Crippen LogP contribution in [0.4, 0.5) is 0 Å². The molecule has 0 unspecified atom stereocenters. The largest absolute Gasteiger partial charge is 0.486 e. The number of amides is 1. The second-order valence-electron chi connectivity index (χ2n) is 8.90. The van der Waals surface area contributed by atoms with E-state index >= 15 is 0 Å². The Morgan fingerprint density at radius 1 is 0.914 bits per heavy atom. The van der Waals surface area contributed by atoms with E-state index in [4.69, 9.17) is 9.47 Å². The average molecular weight is 468 g/mol. The minimum absolute atomic E-state index is 0.0895. The molecular weight excluding hydrogens is 442 g/mol. The summed E-state index contributed by atoms with van der Waals surface area (Å²) in [4.78, 5) is 29.0. The standard InChI is InChI=1S/C28H25N3O4/c32-27-22-10-5-4-9-21(22)26(29-31(27)18-19-7-2-1-3-8-19)28(33)30-14-6-11-23(30)20-12-13-24-25(17-20)35-16-15-34-24/h1-5,7-10,12-13,17,23H,6,11,14-16,18H2/t23-/m1/s1. The molecule has 3 aromatic carbocycles. The maximum Gasteiger partial charge on any atom is 0.275 e. The maximum atomic E-state index is 13.9. The van der Waals surface area contributed by atoms with Crippen molar-refractivity contribution in [1.29, 1.82) is 0 Å². The van der Waals surface area contributed by atoms with Crippen molar-refractivity contribution in [2.45, 2.75) is 25.4 Å². The van der Waals surface area contributed by atoms with Crippen LogP contribution in [0.2, 0.25) is 0 Å². The molecule has 35 heavy (non-hydrogen) atoms. The number of carbonyl (C=O) groups is 1. The maximum absolute atomic E-state index is 13.9. The van der Waals surface area contributed by atoms with Crippen molar-refractivity contribution in [3.63, 3.8) is 0 Å². The van der Waals surface area contributed by atoms with Gasteiger partial charge in [0.1, 0.15) is 13.2 Å². The van der Waals surface area contributed by atoms with Gasteiger partial charge in [-0.3, -0.25) is 9.59 Å². The van der Waals surface area contributed by atoms with Gasteiger partial charge in [0, 0.05) is 11.9 Å². The molecule has 1 fully saturated rings. The zero-order valence-corrected chi connectivity index (χ0v) is 19.2. The Labute approximate surface area is 202 Å². The molecule has 1 aromatic heterocycles. The van der Waals surface area contributed by atoms with Crippen molar-refractivity contribution in [3.8, 4) is 11.5 Å². The van der Waals surface area contributed by atoms with Crippen LogP contribution in [0.1, 0.15) is 40.5 Å². The molecule has 1 atom stereocenters. The van der Waals surface area contributed by atoms with Crippen molar-refractivity contribution in [2.75, 3.05) is 19.8 Å². The molecular formula is C28H25N3O4. The molecule has 2 aliphatic rings. The summed E-state index contributed by atoms with van der Waals surface area (Å²) in [6.07, 6.45) is 1.75. The summed E-state index contributed by atoms with van der Waals surface area (Å²) in [5.74, 6) is 1.28. The van der Waals surface area contributed by atoms with Crippen LogP contribution in [0.15, 0.2) is 77.6 Å². The van der Waals surface area contributed by atoms with E-state index in [1.165, 1.54) is 4.68 Å². The molecule has 3 heterocycles. The zero-order valence-electron chi connectivity index (χ0n) is 19.2. The predicted molar refractivity (Wildman–Crippen MR) is 132 cm³/mol. The van der Waals surface area contributed by atoms with E-state index in [1.54, 1.807) is 12.1 Å². The lowest BCUT2D eigenvalue weighted by atomic mass is 10.0. The molecule has 176 valence electrons. The van der Waals surface area contributed by atoms with Crippen LogP contribution in [0.5, 0.6) is 11.5 Å². The molecule has 4 aromatic rings. The lowest BCUT2D eigenvalue weighted by molar-refractivity contribution is 0.0728. The van der Waals surface area contributed by atoms with Gasteiger partial charge in [-0.05, 0) is 42.2 Å². The first-order chi connectivity index (χ1) is 17.2. The van der Waals surface area contributed by atoms with E-state index in [2.05, 4.69) is 5.10 Å². The van der Waals surface area contributed by atoms with Gasteiger partial charge in [-0.1, -0.05) is 54.6 Å². The van der Waals surface area contributed by atoms with E-state index in [1.807, 2.05) is 65.6 Å². The summed E-state index contributed by atoms with van der Waals surface area (Å²) in [6, 6.07) is 22.7. The smallest absolute Gasteiger partial charge is 0.275 e. The van der Waals surface area contributed by atoms with E-state index in [0.29, 0.717) is 48.5 Å². The molecule has 1 saturated heterocycles. The summed E-state index contributed by atoms with van der Waals surface area (Å²) < 4.78 is 12.8. The van der Waals surface area contributed by atoms with E-state index in [-0.39, 0.29) is 17.5 Å². The number of benzene rings is 3. The number of carbonyl (C=O) groups excluding carboxylic acids is 1. The van der Waals surface area contributed by atoms with Crippen LogP contribution < -0.4 is 15.0 Å². The zero-order chi connectivity index (χ0) is 23.8. The number of hydrogen-bond donors (Lipinski definition) is 0. The average Bonchev–Trinajstić information content (AvgIpc) is 3.40. The van der Waals surface area contributed by atoms with E-state index in [9.17, 15) is 9.59 Å². The fraction of sp³-hybridized carbons (Fsp3) is 0.250. The highest BCUT2D eigenvalue weighted by molar-refractivity contribution is 6.05. The van der Waals surface area contributed by atoms with Gasteiger partial charge in [-0.2, -0.15) is 5.10 Å². The summed E-state index contributed by atoms with van der Waals surface area (Å²) >= 11 is 0. The molecule has 7 nitrogen and oxygen atoms in total. The monoisotopic (exact) mass is 467 g/mol. The summed E-state index contributed by atoms with van der Waals surface area (Å²) in [5, 5.41) is 5.69. The Hall–Kier alpha value is -4.13. The van der Waals surface area contributed by atoms with E-state index < -0.39 is 0 Å². The molecule has 6 rings (SSSR count). The van der Waals surface area contributed by atoms with Crippen molar-refractivity contribution < 1.29 is 14.3 Å². The molecule has 1 amide bonds. The molecule has 0 aliphatic carbocycles. The third-order valence-corrected chi connectivity index (χ3v) is 6.71. The minimum atomic E-state index is -0.203. The predicted octanol–water partition coefficient (Wildman–Crippen LogP) is 4.19. The molecule has 0 bridgehead atoms. The van der Waals surface area contributed by atoms with Gasteiger partial charge in [0.25, 0.3) is 11.5 Å². The first-order valence-corrected chi connectivity index (χ1v) is 11.9. The number of rotatable bonds is 4. The Morgan fingerprint density at radius 3 is 2.49 bits per heavy atom. The number of likely N-dealkylation sites (tertiary alicyclic amines) is 1. The summed E-state index contributed by atoms with van der Waals surface area (Å²) in [6.45, 7) is 1.99. The molecule has 0 spiro atoms. The normalized spacial score (nSPS) is 17.0. The number of hydrogen-bond acceptors (Lipinski definition) is 5. The van der Waals surface area contributed by atoms with Crippen LogP contribution in [-0.4, -0.2) is 40.3 Å². The number of aromatic nitrogens is 2. The Balaban J connectivity index is 1.39. The first kappa shape index (κ1) is 21.4. The number of fused-ring (bicyclic) bond motifs is 2. The SMILES string of the molecule is O=C(c1nn(Cc2ccccc2)c(=O)c2ccccc12)N1CCC[C@@H]1c1ccc2c(c1)OCCO2. The topological polar surface area (TPSA) is 73.7 Å². The minimum Gasteiger partial charge on any atom is -0.486 e.